The number of hydrogen-bond donors (Lipinski definition) is 3. The summed E-state index contributed by atoms with van der Waals surface area (Å²) in [5.41, 5.74) is 3.35. The van der Waals surface area contributed by atoms with Gasteiger partial charge in [-0.1, -0.05) is 63.2 Å². The number of carbonyl (C=O) groups excluding carboxylic acids is 2. The molecule has 2 unspecified atom stereocenters. The largest absolute Gasteiger partial charge is 0.494 e. The molecule has 0 aliphatic carbocycles. The SMILES string of the molecule is CCOc1ccc2cc(-c3cnc(-c4ccc(CC(NC(=O)c5ccc(C(C)(C)C)s5)C(=O)NC(C)C(=O)O)cc4)nc3)ccc2c1. The van der Waals surface area contributed by atoms with Crippen molar-refractivity contribution in [3.63, 3.8) is 0 Å². The lowest BCUT2D eigenvalue weighted by molar-refractivity contribution is -0.141. The Morgan fingerprint density at radius 3 is 2.15 bits per heavy atom. The van der Waals surface area contributed by atoms with E-state index in [1.54, 1.807) is 18.5 Å². The highest BCUT2D eigenvalue weighted by Gasteiger charge is 2.26. The van der Waals surface area contributed by atoms with Crippen molar-refractivity contribution in [2.75, 3.05) is 6.61 Å². The molecule has 10 heteroatoms. The van der Waals surface area contributed by atoms with Crippen molar-refractivity contribution in [2.45, 2.75) is 58.5 Å². The number of nitrogens with one attached hydrogen (secondary N) is 2. The second-order valence-corrected chi connectivity index (χ2v) is 13.4. The molecule has 5 rings (SSSR count). The molecule has 5 aromatic rings. The Morgan fingerprint density at radius 2 is 1.51 bits per heavy atom. The molecular weight excluding hydrogens is 612 g/mol. The number of fused-ring (bicyclic) bond motifs is 1. The number of aliphatic carboxylic acids is 1. The molecule has 2 amide bonds. The third-order valence-electron chi connectivity index (χ3n) is 7.68. The number of carbonyl (C=O) groups is 3. The summed E-state index contributed by atoms with van der Waals surface area (Å²) in [4.78, 5) is 48.4. The second-order valence-electron chi connectivity index (χ2n) is 12.4. The van der Waals surface area contributed by atoms with Gasteiger partial charge in [0.2, 0.25) is 5.91 Å². The number of carboxylic acids is 1. The van der Waals surface area contributed by atoms with Crippen molar-refractivity contribution in [3.8, 4) is 28.3 Å². The quantitative estimate of drug-likeness (QED) is 0.146. The summed E-state index contributed by atoms with van der Waals surface area (Å²) in [6, 6.07) is 21.2. The smallest absolute Gasteiger partial charge is 0.325 e. The highest BCUT2D eigenvalue weighted by atomic mass is 32.1. The maximum Gasteiger partial charge on any atom is 0.325 e. The van der Waals surface area contributed by atoms with Crippen LogP contribution >= 0.6 is 11.3 Å². The first-order chi connectivity index (χ1) is 22.4. The molecule has 0 fully saturated rings. The van der Waals surface area contributed by atoms with Crippen LogP contribution in [0, 0.1) is 0 Å². The number of nitrogens with zero attached hydrogens (tertiary/aromatic N) is 2. The zero-order valence-electron chi connectivity index (χ0n) is 27.0. The van der Waals surface area contributed by atoms with Gasteiger partial charge in [0.05, 0.1) is 11.5 Å². The van der Waals surface area contributed by atoms with Gasteiger partial charge in [-0.2, -0.15) is 0 Å². The average Bonchev–Trinajstić information content (AvgIpc) is 3.57. The molecule has 2 heterocycles. The van der Waals surface area contributed by atoms with Crippen molar-refractivity contribution < 1.29 is 24.2 Å². The minimum atomic E-state index is -1.16. The number of amides is 2. The maximum absolute atomic E-state index is 13.2. The normalized spacial score (nSPS) is 12.7. The summed E-state index contributed by atoms with van der Waals surface area (Å²) in [7, 11) is 0. The van der Waals surface area contributed by atoms with Crippen LogP contribution in [-0.2, 0) is 21.4 Å². The number of ether oxygens (including phenoxy) is 1. The standard InChI is InChI=1S/C37H38N4O5S/c1-6-46-29-14-13-25-18-26(11-12-27(25)19-29)28-20-38-33(39-21-28)24-9-7-23(8-10-24)17-30(34(42)40-22(2)36(44)45)41-35(43)31-15-16-32(47-31)37(3,4)5/h7-16,18-22,30H,6,17H2,1-5H3,(H,40,42)(H,41,43)(H,44,45). The van der Waals surface area contributed by atoms with E-state index in [0.29, 0.717) is 17.3 Å². The van der Waals surface area contributed by atoms with Gasteiger partial charge in [0.1, 0.15) is 17.8 Å². The van der Waals surface area contributed by atoms with Crippen LogP contribution in [0.25, 0.3) is 33.3 Å². The number of hydrogen-bond acceptors (Lipinski definition) is 7. The summed E-state index contributed by atoms with van der Waals surface area (Å²) in [5, 5.41) is 16.8. The summed E-state index contributed by atoms with van der Waals surface area (Å²) in [6.07, 6.45) is 3.75. The zero-order chi connectivity index (χ0) is 33.7. The molecule has 0 saturated carbocycles. The highest BCUT2D eigenvalue weighted by Crippen LogP contribution is 2.30. The molecule has 9 nitrogen and oxygen atoms in total. The molecule has 2 atom stereocenters. The van der Waals surface area contributed by atoms with Gasteiger partial charge in [-0.05, 0) is 71.5 Å². The summed E-state index contributed by atoms with van der Waals surface area (Å²) in [5.74, 6) is -0.736. The van der Waals surface area contributed by atoms with E-state index in [4.69, 9.17) is 4.74 Å². The van der Waals surface area contributed by atoms with Crippen LogP contribution in [0.4, 0.5) is 0 Å². The minimum Gasteiger partial charge on any atom is -0.494 e. The van der Waals surface area contributed by atoms with Gasteiger partial charge in [-0.25, -0.2) is 9.97 Å². The Balaban J connectivity index is 1.30. The Bertz CT molecular complexity index is 1900. The molecule has 0 saturated heterocycles. The molecule has 3 N–H and O–H groups in total. The number of rotatable bonds is 11. The fourth-order valence-corrected chi connectivity index (χ4v) is 5.96. The van der Waals surface area contributed by atoms with Crippen molar-refractivity contribution in [1.29, 1.82) is 0 Å². The van der Waals surface area contributed by atoms with Crippen molar-refractivity contribution in [1.82, 2.24) is 20.6 Å². The molecule has 0 aliphatic heterocycles. The fourth-order valence-electron chi connectivity index (χ4n) is 4.99. The summed E-state index contributed by atoms with van der Waals surface area (Å²) < 4.78 is 5.61. The molecular formula is C37H38N4O5S. The van der Waals surface area contributed by atoms with Gasteiger partial charge in [0, 0.05) is 34.8 Å². The van der Waals surface area contributed by atoms with Crippen molar-refractivity contribution in [3.05, 3.63) is 101 Å². The lowest BCUT2D eigenvalue weighted by Gasteiger charge is -2.20. The second kappa shape index (κ2) is 14.1. The van der Waals surface area contributed by atoms with Crippen LogP contribution in [0.3, 0.4) is 0 Å². The van der Waals surface area contributed by atoms with E-state index < -0.39 is 24.0 Å². The number of carboxylic acid groups (broad SMARTS) is 1. The Morgan fingerprint density at radius 1 is 0.851 bits per heavy atom. The molecule has 0 radical (unpaired) electrons. The first kappa shape index (κ1) is 33.3. The van der Waals surface area contributed by atoms with E-state index in [1.807, 2.05) is 61.5 Å². The van der Waals surface area contributed by atoms with E-state index in [2.05, 4.69) is 53.5 Å². The number of thiophene rings is 1. The average molecular weight is 651 g/mol. The topological polar surface area (TPSA) is 131 Å². The molecule has 0 aliphatic rings. The van der Waals surface area contributed by atoms with Crippen LogP contribution in [0.15, 0.2) is 85.2 Å². The van der Waals surface area contributed by atoms with E-state index in [-0.39, 0.29) is 17.7 Å². The monoisotopic (exact) mass is 650 g/mol. The number of benzene rings is 3. The van der Waals surface area contributed by atoms with E-state index >= 15 is 0 Å². The Hall–Kier alpha value is -5.09. The Labute approximate surface area is 278 Å². The molecule has 0 spiro atoms. The van der Waals surface area contributed by atoms with Crippen LogP contribution in [0.1, 0.15) is 54.7 Å². The van der Waals surface area contributed by atoms with E-state index in [1.165, 1.54) is 18.3 Å². The van der Waals surface area contributed by atoms with Crippen LogP contribution in [-0.4, -0.2) is 51.5 Å². The predicted octanol–water partition coefficient (Wildman–Crippen LogP) is 6.65. The predicted molar refractivity (Wildman–Crippen MR) is 185 cm³/mol. The third kappa shape index (κ3) is 8.20. The van der Waals surface area contributed by atoms with Gasteiger partial charge in [-0.15, -0.1) is 11.3 Å². The zero-order valence-corrected chi connectivity index (χ0v) is 27.9. The maximum atomic E-state index is 13.2. The summed E-state index contributed by atoms with van der Waals surface area (Å²) >= 11 is 1.37. The Kier molecular flexibility index (Phi) is 10.0. The molecule has 3 aromatic carbocycles. The number of aromatic nitrogens is 2. The van der Waals surface area contributed by atoms with Gasteiger partial charge in [0.15, 0.2) is 5.82 Å². The van der Waals surface area contributed by atoms with Crippen molar-refractivity contribution in [2.24, 2.45) is 0 Å². The lowest BCUT2D eigenvalue weighted by Crippen LogP contribution is -2.51. The first-order valence-electron chi connectivity index (χ1n) is 15.4. The lowest BCUT2D eigenvalue weighted by atomic mass is 9.95. The summed E-state index contributed by atoms with van der Waals surface area (Å²) in [6.45, 7) is 10.2. The van der Waals surface area contributed by atoms with Crippen LogP contribution in [0.5, 0.6) is 5.75 Å². The van der Waals surface area contributed by atoms with E-state index in [9.17, 15) is 19.5 Å². The van der Waals surface area contributed by atoms with Gasteiger partial charge >= 0.3 is 5.97 Å². The molecule has 0 bridgehead atoms. The molecule has 2 aromatic heterocycles. The highest BCUT2D eigenvalue weighted by molar-refractivity contribution is 7.14. The van der Waals surface area contributed by atoms with Crippen LogP contribution in [0.2, 0.25) is 0 Å². The minimum absolute atomic E-state index is 0.117. The first-order valence-corrected chi connectivity index (χ1v) is 16.3. The molecule has 242 valence electrons. The van der Waals surface area contributed by atoms with Gasteiger partial charge < -0.3 is 20.5 Å². The van der Waals surface area contributed by atoms with Gasteiger partial charge in [-0.3, -0.25) is 14.4 Å². The van der Waals surface area contributed by atoms with Crippen molar-refractivity contribution >= 4 is 39.9 Å². The van der Waals surface area contributed by atoms with E-state index in [0.717, 1.165) is 43.7 Å². The van der Waals surface area contributed by atoms with Crippen LogP contribution < -0.4 is 15.4 Å². The van der Waals surface area contributed by atoms with Gasteiger partial charge in [0.25, 0.3) is 5.91 Å². The third-order valence-corrected chi connectivity index (χ3v) is 9.19. The fraction of sp³-hybridized carbons (Fsp3) is 0.270. The molecule has 47 heavy (non-hydrogen) atoms.